The largest absolute Gasteiger partial charge is 0.392 e. The molecule has 0 fully saturated rings. The summed E-state index contributed by atoms with van der Waals surface area (Å²) >= 11 is 0. The summed E-state index contributed by atoms with van der Waals surface area (Å²) in [5.41, 5.74) is 2.07. The minimum atomic E-state index is -0.619. The average Bonchev–Trinajstić information content (AvgIpc) is 2.45. The molecule has 116 valence electrons. The molecule has 0 aromatic heterocycles. The number of carbonyl (C=O) groups is 1. The summed E-state index contributed by atoms with van der Waals surface area (Å²) in [6.07, 6.45) is 1.09. The molecule has 0 aliphatic carbocycles. The Balaban J connectivity index is 2.25. The third-order valence-corrected chi connectivity index (χ3v) is 3.38. The maximum absolute atomic E-state index is 11.9. The number of rotatable bonds is 10. The SMILES string of the molecule is C=C(CC)C[C@@H](O)CC(=O)C[C@@H](C)OCc1ccccc1. The number of Topliss-reactive ketones (excluding diaryl/α,β-unsaturated/α-hetero) is 1. The van der Waals surface area contributed by atoms with Crippen LogP contribution in [0.25, 0.3) is 0 Å². The smallest absolute Gasteiger partial charge is 0.138 e. The first kappa shape index (κ1) is 17.6. The molecule has 0 spiro atoms. The second-order valence-corrected chi connectivity index (χ2v) is 5.52. The predicted molar refractivity (Wildman–Crippen MR) is 85.0 cm³/mol. The van der Waals surface area contributed by atoms with E-state index in [1.807, 2.05) is 44.2 Å². The Kier molecular flexibility index (Phi) is 7.95. The van der Waals surface area contributed by atoms with Crippen molar-refractivity contribution in [1.82, 2.24) is 0 Å². The highest BCUT2D eigenvalue weighted by atomic mass is 16.5. The van der Waals surface area contributed by atoms with Crippen LogP contribution in [0.3, 0.4) is 0 Å². The Labute approximate surface area is 127 Å². The van der Waals surface area contributed by atoms with Crippen LogP contribution in [-0.2, 0) is 16.1 Å². The lowest BCUT2D eigenvalue weighted by Crippen LogP contribution is -2.19. The van der Waals surface area contributed by atoms with Gasteiger partial charge in [0.25, 0.3) is 0 Å². The molecule has 2 atom stereocenters. The highest BCUT2D eigenvalue weighted by molar-refractivity contribution is 5.79. The normalized spacial score (nSPS) is 13.7. The molecule has 0 amide bonds. The minimum absolute atomic E-state index is 0.0342. The Morgan fingerprint density at radius 3 is 2.52 bits per heavy atom. The van der Waals surface area contributed by atoms with Crippen LogP contribution >= 0.6 is 0 Å². The number of carbonyl (C=O) groups excluding carboxylic acids is 1. The number of aliphatic hydroxyl groups is 1. The maximum atomic E-state index is 11.9. The molecule has 0 aliphatic rings. The summed E-state index contributed by atoms with van der Waals surface area (Å²) in [4.78, 5) is 11.9. The highest BCUT2D eigenvalue weighted by Crippen LogP contribution is 2.12. The van der Waals surface area contributed by atoms with Crippen LogP contribution in [0.4, 0.5) is 0 Å². The van der Waals surface area contributed by atoms with Gasteiger partial charge in [0, 0.05) is 12.8 Å². The first-order chi connectivity index (χ1) is 10.0. The van der Waals surface area contributed by atoms with E-state index in [-0.39, 0.29) is 18.3 Å². The average molecular weight is 290 g/mol. The van der Waals surface area contributed by atoms with Crippen LogP contribution in [0.5, 0.6) is 0 Å². The van der Waals surface area contributed by atoms with Crippen molar-refractivity contribution in [1.29, 1.82) is 0 Å². The monoisotopic (exact) mass is 290 g/mol. The molecule has 21 heavy (non-hydrogen) atoms. The molecule has 1 aromatic carbocycles. The molecule has 3 nitrogen and oxygen atoms in total. The summed E-state index contributed by atoms with van der Waals surface area (Å²) in [5.74, 6) is 0.0342. The van der Waals surface area contributed by atoms with Crippen molar-refractivity contribution in [3.05, 3.63) is 48.0 Å². The molecule has 0 bridgehead atoms. The van der Waals surface area contributed by atoms with Crippen molar-refractivity contribution < 1.29 is 14.6 Å². The Morgan fingerprint density at radius 2 is 1.90 bits per heavy atom. The number of hydrogen-bond acceptors (Lipinski definition) is 3. The van der Waals surface area contributed by atoms with E-state index < -0.39 is 6.10 Å². The van der Waals surface area contributed by atoms with E-state index in [9.17, 15) is 9.90 Å². The lowest BCUT2D eigenvalue weighted by molar-refractivity contribution is -0.123. The maximum Gasteiger partial charge on any atom is 0.138 e. The van der Waals surface area contributed by atoms with Crippen LogP contribution in [0.1, 0.15) is 45.1 Å². The molecule has 1 rings (SSSR count). The summed E-state index contributed by atoms with van der Waals surface area (Å²) in [6, 6.07) is 9.88. The quantitative estimate of drug-likeness (QED) is 0.669. The van der Waals surface area contributed by atoms with Gasteiger partial charge in [0.05, 0.1) is 18.8 Å². The Hall–Kier alpha value is -1.45. The van der Waals surface area contributed by atoms with E-state index in [4.69, 9.17) is 4.74 Å². The molecule has 0 saturated heterocycles. The van der Waals surface area contributed by atoms with Gasteiger partial charge in [0.1, 0.15) is 5.78 Å². The molecule has 0 saturated carbocycles. The van der Waals surface area contributed by atoms with Crippen LogP contribution in [0, 0.1) is 0 Å². The summed E-state index contributed by atoms with van der Waals surface area (Å²) < 4.78 is 5.66. The van der Waals surface area contributed by atoms with Crippen LogP contribution in [0.2, 0.25) is 0 Å². The van der Waals surface area contributed by atoms with Crippen molar-refractivity contribution in [2.45, 2.75) is 58.3 Å². The summed E-state index contributed by atoms with van der Waals surface area (Å²) in [7, 11) is 0. The van der Waals surface area contributed by atoms with Gasteiger partial charge in [0.15, 0.2) is 0 Å². The molecular weight excluding hydrogens is 264 g/mol. The number of aliphatic hydroxyl groups excluding tert-OH is 1. The number of benzene rings is 1. The predicted octanol–water partition coefficient (Wildman–Crippen LogP) is 3.66. The van der Waals surface area contributed by atoms with Crippen LogP contribution in [-0.4, -0.2) is 23.1 Å². The molecular formula is C18H26O3. The zero-order chi connectivity index (χ0) is 15.7. The second-order valence-electron chi connectivity index (χ2n) is 5.52. The van der Waals surface area contributed by atoms with Crippen molar-refractivity contribution in [2.24, 2.45) is 0 Å². The molecule has 0 aliphatic heterocycles. The minimum Gasteiger partial charge on any atom is -0.392 e. The van der Waals surface area contributed by atoms with Gasteiger partial charge in [-0.1, -0.05) is 49.4 Å². The molecule has 1 N–H and O–H groups in total. The van der Waals surface area contributed by atoms with E-state index in [0.29, 0.717) is 19.4 Å². The first-order valence-electron chi connectivity index (χ1n) is 7.53. The fourth-order valence-corrected chi connectivity index (χ4v) is 2.09. The van der Waals surface area contributed by atoms with E-state index >= 15 is 0 Å². The van der Waals surface area contributed by atoms with Gasteiger partial charge in [0.2, 0.25) is 0 Å². The first-order valence-corrected chi connectivity index (χ1v) is 7.53. The molecule has 1 aromatic rings. The fraction of sp³-hybridized carbons (Fsp3) is 0.500. The van der Waals surface area contributed by atoms with Crippen LogP contribution in [0.15, 0.2) is 42.5 Å². The topological polar surface area (TPSA) is 46.5 Å². The highest BCUT2D eigenvalue weighted by Gasteiger charge is 2.15. The van der Waals surface area contributed by atoms with Gasteiger partial charge in [-0.15, -0.1) is 0 Å². The molecule has 3 heteroatoms. The molecule has 0 unspecified atom stereocenters. The second kappa shape index (κ2) is 9.48. The van der Waals surface area contributed by atoms with Gasteiger partial charge >= 0.3 is 0 Å². The third kappa shape index (κ3) is 7.78. The van der Waals surface area contributed by atoms with Gasteiger partial charge in [-0.2, -0.15) is 0 Å². The van der Waals surface area contributed by atoms with Crippen LogP contribution < -0.4 is 0 Å². The number of hydrogen-bond donors (Lipinski definition) is 1. The van der Waals surface area contributed by atoms with Gasteiger partial charge in [-0.3, -0.25) is 4.79 Å². The van der Waals surface area contributed by atoms with Crippen molar-refractivity contribution in [3.63, 3.8) is 0 Å². The van der Waals surface area contributed by atoms with Gasteiger partial charge in [-0.05, 0) is 25.3 Å². The summed E-state index contributed by atoms with van der Waals surface area (Å²) in [6.45, 7) is 8.24. The van der Waals surface area contributed by atoms with E-state index in [1.165, 1.54) is 0 Å². The third-order valence-electron chi connectivity index (χ3n) is 3.38. The Morgan fingerprint density at radius 1 is 1.24 bits per heavy atom. The Bertz CT molecular complexity index is 439. The van der Waals surface area contributed by atoms with Gasteiger partial charge in [-0.25, -0.2) is 0 Å². The summed E-state index contributed by atoms with van der Waals surface area (Å²) in [5, 5.41) is 9.82. The van der Waals surface area contributed by atoms with Crippen molar-refractivity contribution in [2.75, 3.05) is 0 Å². The lowest BCUT2D eigenvalue weighted by atomic mass is 10.0. The number of ether oxygens (including phenoxy) is 1. The zero-order valence-electron chi connectivity index (χ0n) is 13.0. The standard InChI is InChI=1S/C18H26O3/c1-4-14(2)10-17(19)12-18(20)11-15(3)21-13-16-8-6-5-7-9-16/h5-9,15,17,19H,2,4,10-13H2,1,3H3/t15-,17-/m1/s1. The van der Waals surface area contributed by atoms with E-state index in [0.717, 1.165) is 17.6 Å². The lowest BCUT2D eigenvalue weighted by Gasteiger charge is -2.15. The zero-order valence-corrected chi connectivity index (χ0v) is 13.0. The number of ketones is 1. The molecule has 0 heterocycles. The van der Waals surface area contributed by atoms with Crippen molar-refractivity contribution in [3.8, 4) is 0 Å². The van der Waals surface area contributed by atoms with E-state index in [1.54, 1.807) is 0 Å². The van der Waals surface area contributed by atoms with Crippen molar-refractivity contribution >= 4 is 5.78 Å². The molecule has 0 radical (unpaired) electrons. The van der Waals surface area contributed by atoms with Gasteiger partial charge < -0.3 is 9.84 Å². The van der Waals surface area contributed by atoms with E-state index in [2.05, 4.69) is 6.58 Å². The fourth-order valence-electron chi connectivity index (χ4n) is 2.09.